The molecule has 3 rings (SSSR count). The molecule has 0 aromatic heterocycles. The number of carbonyl (C=O) groups is 3. The number of aliphatic carboxylic acids is 1. The number of nitrogens with one attached hydrogen (secondary N) is 2. The van der Waals surface area contributed by atoms with Gasteiger partial charge in [-0.2, -0.15) is 0 Å². The summed E-state index contributed by atoms with van der Waals surface area (Å²) in [6, 6.07) is 25.2. The molecule has 0 spiro atoms. The third-order valence-corrected chi connectivity index (χ3v) is 7.94. The van der Waals surface area contributed by atoms with Crippen molar-refractivity contribution in [3.63, 3.8) is 0 Å². The lowest BCUT2D eigenvalue weighted by Gasteiger charge is -2.18. The third-order valence-electron chi connectivity index (χ3n) is 6.24. The van der Waals surface area contributed by atoms with Crippen LogP contribution in [0.4, 0.5) is 0 Å². The minimum Gasteiger partial charge on any atom is -0.481 e. The molecule has 8 nitrogen and oxygen atoms in total. The van der Waals surface area contributed by atoms with E-state index in [9.17, 15) is 23.7 Å². The van der Waals surface area contributed by atoms with Crippen LogP contribution in [-0.4, -0.2) is 52.0 Å². The number of amides is 2. The Morgan fingerprint density at radius 3 is 2.05 bits per heavy atom. The molecule has 9 heteroatoms. The van der Waals surface area contributed by atoms with Crippen LogP contribution < -0.4 is 15.4 Å². The number of hydrogen-bond acceptors (Lipinski definition) is 5. The lowest BCUT2D eigenvalue weighted by Crippen LogP contribution is -2.39. The minimum atomic E-state index is -1.74. The van der Waals surface area contributed by atoms with Crippen molar-refractivity contribution in [1.29, 1.82) is 0 Å². The fourth-order valence-corrected chi connectivity index (χ4v) is 5.45. The summed E-state index contributed by atoms with van der Waals surface area (Å²) in [5, 5.41) is 14.0. The summed E-state index contributed by atoms with van der Waals surface area (Å²) in [6.07, 6.45) is 1.15. The van der Waals surface area contributed by atoms with Gasteiger partial charge in [-0.3, -0.25) is 18.6 Å². The van der Waals surface area contributed by atoms with E-state index >= 15 is 0 Å². The molecular weight excluding hydrogens is 540 g/mol. The summed E-state index contributed by atoms with van der Waals surface area (Å²) in [7, 11) is -1.74. The maximum absolute atomic E-state index is 13.0. The molecule has 214 valence electrons. The zero-order valence-corrected chi connectivity index (χ0v) is 23.7. The minimum absolute atomic E-state index is 0.179. The second-order valence-corrected chi connectivity index (χ2v) is 10.8. The fourth-order valence-electron chi connectivity index (χ4n) is 4.15. The lowest BCUT2D eigenvalue weighted by molar-refractivity contribution is -0.136. The quantitative estimate of drug-likeness (QED) is 0.187. The molecule has 0 radical (unpaired) electrons. The van der Waals surface area contributed by atoms with E-state index in [1.165, 1.54) is 0 Å². The number of carboxylic acid groups (broad SMARTS) is 1. The molecule has 41 heavy (non-hydrogen) atoms. The van der Waals surface area contributed by atoms with E-state index in [1.54, 1.807) is 31.2 Å². The molecule has 0 saturated heterocycles. The SMILES string of the molecule is CC#CCOc1ccc(S(=O)C(CCCCNC(=O)CNC(=O)C(c2ccccc2)c2ccccc2)C(=O)O)cc1. The molecule has 0 aliphatic heterocycles. The largest absolute Gasteiger partial charge is 0.481 e. The van der Waals surface area contributed by atoms with E-state index in [0.29, 0.717) is 30.0 Å². The Morgan fingerprint density at radius 2 is 1.49 bits per heavy atom. The van der Waals surface area contributed by atoms with E-state index in [4.69, 9.17) is 4.74 Å². The zero-order chi connectivity index (χ0) is 29.5. The molecule has 3 N–H and O–H groups in total. The van der Waals surface area contributed by atoms with Gasteiger partial charge in [-0.05, 0) is 61.6 Å². The van der Waals surface area contributed by atoms with Crippen LogP contribution in [0.25, 0.3) is 0 Å². The molecule has 0 saturated carbocycles. The predicted molar refractivity (Wildman–Crippen MR) is 158 cm³/mol. The van der Waals surface area contributed by atoms with Gasteiger partial charge in [0, 0.05) is 11.4 Å². The van der Waals surface area contributed by atoms with Crippen molar-refractivity contribution in [2.75, 3.05) is 19.7 Å². The van der Waals surface area contributed by atoms with Gasteiger partial charge in [0.2, 0.25) is 11.8 Å². The smallest absolute Gasteiger partial charge is 0.319 e. The van der Waals surface area contributed by atoms with Crippen LogP contribution in [0.15, 0.2) is 89.8 Å². The summed E-state index contributed by atoms with van der Waals surface area (Å²) in [5.74, 6) is 3.76. The first-order valence-corrected chi connectivity index (χ1v) is 14.5. The van der Waals surface area contributed by atoms with Gasteiger partial charge in [0.15, 0.2) is 0 Å². The van der Waals surface area contributed by atoms with Gasteiger partial charge in [-0.15, -0.1) is 5.92 Å². The van der Waals surface area contributed by atoms with E-state index in [1.807, 2.05) is 60.7 Å². The van der Waals surface area contributed by atoms with Gasteiger partial charge in [-0.1, -0.05) is 66.6 Å². The van der Waals surface area contributed by atoms with Crippen molar-refractivity contribution in [3.05, 3.63) is 96.1 Å². The number of ether oxygens (including phenoxy) is 1. The molecule has 0 heterocycles. The van der Waals surface area contributed by atoms with Crippen LogP contribution in [0.3, 0.4) is 0 Å². The molecular formula is C32H34N2O6S. The summed E-state index contributed by atoms with van der Waals surface area (Å²) >= 11 is 0. The first kappa shape index (κ1) is 31.1. The van der Waals surface area contributed by atoms with Gasteiger partial charge in [0.05, 0.1) is 23.3 Å². The summed E-state index contributed by atoms with van der Waals surface area (Å²) in [4.78, 5) is 37.6. The molecule has 0 aliphatic rings. The highest BCUT2D eigenvalue weighted by atomic mass is 32.2. The van der Waals surface area contributed by atoms with E-state index in [2.05, 4.69) is 22.5 Å². The highest BCUT2D eigenvalue weighted by molar-refractivity contribution is 7.86. The Kier molecular flexibility index (Phi) is 12.6. The molecule has 0 aliphatic carbocycles. The Bertz CT molecular complexity index is 1330. The van der Waals surface area contributed by atoms with Crippen LogP contribution in [0.5, 0.6) is 5.75 Å². The van der Waals surface area contributed by atoms with Gasteiger partial charge >= 0.3 is 5.97 Å². The molecule has 0 bridgehead atoms. The van der Waals surface area contributed by atoms with E-state index in [-0.39, 0.29) is 31.4 Å². The number of carboxylic acids is 1. The summed E-state index contributed by atoms with van der Waals surface area (Å²) in [6.45, 7) is 2.08. The number of carbonyl (C=O) groups excluding carboxylic acids is 2. The maximum atomic E-state index is 13.0. The monoisotopic (exact) mass is 574 g/mol. The van der Waals surface area contributed by atoms with Crippen molar-refractivity contribution in [2.45, 2.75) is 42.2 Å². The average Bonchev–Trinajstić information content (AvgIpc) is 2.99. The highest BCUT2D eigenvalue weighted by Crippen LogP contribution is 2.24. The van der Waals surface area contributed by atoms with Gasteiger partial charge in [0.25, 0.3) is 0 Å². The van der Waals surface area contributed by atoms with Crippen LogP contribution in [0.2, 0.25) is 0 Å². The molecule has 2 amide bonds. The number of unbranched alkanes of at least 4 members (excludes halogenated alkanes) is 1. The van der Waals surface area contributed by atoms with Crippen molar-refractivity contribution in [2.24, 2.45) is 0 Å². The molecule has 3 aromatic carbocycles. The van der Waals surface area contributed by atoms with E-state index in [0.717, 1.165) is 11.1 Å². The zero-order valence-electron chi connectivity index (χ0n) is 22.9. The summed E-state index contributed by atoms with van der Waals surface area (Å²) in [5.41, 5.74) is 1.65. The third kappa shape index (κ3) is 9.92. The van der Waals surface area contributed by atoms with Gasteiger partial charge < -0.3 is 20.5 Å². The topological polar surface area (TPSA) is 122 Å². The molecule has 2 unspecified atom stereocenters. The predicted octanol–water partition coefficient (Wildman–Crippen LogP) is 3.88. The van der Waals surface area contributed by atoms with Crippen molar-refractivity contribution in [3.8, 4) is 17.6 Å². The van der Waals surface area contributed by atoms with Gasteiger partial charge in [-0.25, -0.2) is 0 Å². The van der Waals surface area contributed by atoms with Crippen LogP contribution in [-0.2, 0) is 25.2 Å². The average molecular weight is 575 g/mol. The first-order valence-electron chi connectivity index (χ1n) is 13.3. The van der Waals surface area contributed by atoms with Crippen LogP contribution in [0.1, 0.15) is 43.2 Å². The fraction of sp³-hybridized carbons (Fsp3) is 0.281. The molecule has 3 aromatic rings. The number of hydrogen-bond donors (Lipinski definition) is 3. The number of benzene rings is 3. The highest BCUT2D eigenvalue weighted by Gasteiger charge is 2.26. The normalized spacial score (nSPS) is 12.0. The summed E-state index contributed by atoms with van der Waals surface area (Å²) < 4.78 is 18.3. The molecule has 2 atom stereocenters. The Hall–Kier alpha value is -4.42. The molecule has 0 fully saturated rings. The number of rotatable bonds is 15. The van der Waals surface area contributed by atoms with Gasteiger partial charge in [0.1, 0.15) is 17.6 Å². The van der Waals surface area contributed by atoms with Crippen LogP contribution >= 0.6 is 0 Å². The Morgan fingerprint density at radius 1 is 0.878 bits per heavy atom. The Labute approximate surface area is 243 Å². The maximum Gasteiger partial charge on any atom is 0.319 e. The lowest BCUT2D eigenvalue weighted by atomic mass is 9.90. The Balaban J connectivity index is 1.43. The van der Waals surface area contributed by atoms with Crippen molar-refractivity contribution in [1.82, 2.24) is 10.6 Å². The van der Waals surface area contributed by atoms with Crippen molar-refractivity contribution < 1.29 is 28.4 Å². The first-order chi connectivity index (χ1) is 19.9. The van der Waals surface area contributed by atoms with Crippen molar-refractivity contribution >= 4 is 28.6 Å². The second kappa shape index (κ2) is 16.6. The van der Waals surface area contributed by atoms with E-state index < -0.39 is 27.9 Å². The van der Waals surface area contributed by atoms with Crippen LogP contribution in [0, 0.1) is 11.8 Å². The standard InChI is InChI=1S/C32H34N2O6S/c1-2-3-22-40-26-17-19-27(20-18-26)41(39)28(32(37)38)16-10-11-21-33-29(35)23-34-31(36)30(24-12-6-4-7-13-24)25-14-8-5-9-15-25/h4-9,12-15,17-20,28,30H,10-11,16,21-23H2,1H3,(H,33,35)(H,34,36)(H,37,38). The second-order valence-electron chi connectivity index (χ2n) is 9.13.